The van der Waals surface area contributed by atoms with Crippen molar-refractivity contribution in [2.75, 3.05) is 0 Å². The summed E-state index contributed by atoms with van der Waals surface area (Å²) >= 11 is 5.96. The highest BCUT2D eigenvalue weighted by Crippen LogP contribution is 2.26. The Hall–Kier alpha value is -3.12. The average Bonchev–Trinajstić information content (AvgIpc) is 3.44. The van der Waals surface area contributed by atoms with Crippen LogP contribution >= 0.6 is 11.6 Å². The number of amides is 1. The molecule has 1 atom stereocenters. The van der Waals surface area contributed by atoms with E-state index >= 15 is 0 Å². The summed E-state index contributed by atoms with van der Waals surface area (Å²) in [5.41, 5.74) is 2.79. The first-order chi connectivity index (χ1) is 14.2. The normalized spacial score (nSPS) is 14.1. The third-order valence-electron chi connectivity index (χ3n) is 5.46. The number of fused-ring (bicyclic) bond motifs is 2. The first-order valence-electron chi connectivity index (χ1n) is 9.72. The second-order valence-electron chi connectivity index (χ2n) is 7.33. The van der Waals surface area contributed by atoms with Gasteiger partial charge in [-0.2, -0.15) is 0 Å². The van der Waals surface area contributed by atoms with Crippen LogP contribution in [-0.2, 0) is 19.4 Å². The maximum Gasteiger partial charge on any atom is 0.251 e. The average molecular weight is 406 g/mol. The molecule has 29 heavy (non-hydrogen) atoms. The number of halogens is 1. The first-order valence-corrected chi connectivity index (χ1v) is 10.1. The summed E-state index contributed by atoms with van der Waals surface area (Å²) in [6.07, 6.45) is 4.62. The summed E-state index contributed by atoms with van der Waals surface area (Å²) in [5, 5.41) is 13.7. The Labute approximate surface area is 172 Å². The molecule has 0 aliphatic carbocycles. The van der Waals surface area contributed by atoms with Crippen molar-refractivity contribution in [2.24, 2.45) is 0 Å². The van der Waals surface area contributed by atoms with Crippen molar-refractivity contribution in [2.45, 2.75) is 31.8 Å². The number of aryl methyl sites for hydroxylation is 1. The van der Waals surface area contributed by atoms with Crippen LogP contribution in [0.5, 0.6) is 0 Å². The van der Waals surface area contributed by atoms with Gasteiger partial charge in [0.15, 0.2) is 5.82 Å². The van der Waals surface area contributed by atoms with Gasteiger partial charge in [-0.3, -0.25) is 4.79 Å². The van der Waals surface area contributed by atoms with Gasteiger partial charge in [-0.05, 0) is 42.3 Å². The second-order valence-corrected chi connectivity index (χ2v) is 7.76. The molecular formula is C22H20ClN5O. The van der Waals surface area contributed by atoms with Crippen LogP contribution in [0.2, 0.25) is 5.02 Å². The van der Waals surface area contributed by atoms with Gasteiger partial charge in [-0.1, -0.05) is 29.8 Å². The van der Waals surface area contributed by atoms with Crippen molar-refractivity contribution in [1.82, 2.24) is 25.1 Å². The van der Waals surface area contributed by atoms with Gasteiger partial charge < -0.3 is 14.9 Å². The third-order valence-corrected chi connectivity index (χ3v) is 5.71. The van der Waals surface area contributed by atoms with Gasteiger partial charge in [0.05, 0.1) is 6.04 Å². The Morgan fingerprint density at radius 2 is 2.00 bits per heavy atom. The smallest absolute Gasteiger partial charge is 0.251 e. The van der Waals surface area contributed by atoms with E-state index < -0.39 is 0 Å². The lowest BCUT2D eigenvalue weighted by molar-refractivity contribution is 0.0934. The van der Waals surface area contributed by atoms with E-state index in [0.29, 0.717) is 17.0 Å². The van der Waals surface area contributed by atoms with Crippen LogP contribution in [0.4, 0.5) is 0 Å². The molecule has 2 aromatic heterocycles. The number of hydrogen-bond donors (Lipinski definition) is 2. The van der Waals surface area contributed by atoms with Crippen LogP contribution in [0.3, 0.4) is 0 Å². The van der Waals surface area contributed by atoms with Gasteiger partial charge >= 0.3 is 0 Å². The van der Waals surface area contributed by atoms with Crippen molar-refractivity contribution in [1.29, 1.82) is 0 Å². The molecule has 1 aliphatic rings. The van der Waals surface area contributed by atoms with Crippen LogP contribution < -0.4 is 5.32 Å². The Kier molecular flexibility index (Phi) is 4.56. The van der Waals surface area contributed by atoms with Crippen LogP contribution in [0.1, 0.15) is 40.0 Å². The molecule has 7 heteroatoms. The van der Waals surface area contributed by atoms with E-state index in [4.69, 9.17) is 11.6 Å². The molecular weight excluding hydrogens is 386 g/mol. The van der Waals surface area contributed by atoms with Crippen molar-refractivity contribution < 1.29 is 4.79 Å². The number of aromatic amines is 1. The van der Waals surface area contributed by atoms with Crippen molar-refractivity contribution in [3.63, 3.8) is 0 Å². The van der Waals surface area contributed by atoms with Gasteiger partial charge in [-0.15, -0.1) is 10.2 Å². The summed E-state index contributed by atoms with van der Waals surface area (Å²) in [6, 6.07) is 14.8. The predicted molar refractivity (Wildman–Crippen MR) is 112 cm³/mol. The molecule has 0 radical (unpaired) electrons. The van der Waals surface area contributed by atoms with E-state index in [1.807, 2.05) is 18.3 Å². The van der Waals surface area contributed by atoms with Crippen LogP contribution in [0, 0.1) is 0 Å². The number of benzene rings is 2. The fraction of sp³-hybridized carbons (Fsp3) is 0.227. The van der Waals surface area contributed by atoms with Crippen molar-refractivity contribution in [3.05, 3.63) is 82.5 Å². The number of H-pyrrole nitrogens is 1. The Morgan fingerprint density at radius 3 is 2.86 bits per heavy atom. The fourth-order valence-electron chi connectivity index (χ4n) is 4.00. The standard InChI is InChI=1S/C22H20ClN5O/c23-16-9-7-14(8-10-16)22(29)25-19(21-27-26-20-6-3-11-28(20)21)12-15-13-24-18-5-2-1-4-17(15)18/h1-2,4-5,7-10,13,19,24H,3,6,11-12H2,(H,25,29)/t19-/m1/s1. The number of para-hydroxylation sites is 1. The number of nitrogens with one attached hydrogen (secondary N) is 2. The lowest BCUT2D eigenvalue weighted by atomic mass is 10.0. The molecule has 6 nitrogen and oxygen atoms in total. The van der Waals surface area contributed by atoms with E-state index in [1.165, 1.54) is 0 Å². The second kappa shape index (κ2) is 7.37. The van der Waals surface area contributed by atoms with E-state index in [9.17, 15) is 4.79 Å². The SMILES string of the molecule is O=C(N[C@H](Cc1c[nH]c2ccccc12)c1nnc2n1CCC2)c1ccc(Cl)cc1. The number of carbonyl (C=O) groups is 1. The lowest BCUT2D eigenvalue weighted by Crippen LogP contribution is -2.32. The van der Waals surface area contributed by atoms with Crippen LogP contribution in [0.25, 0.3) is 10.9 Å². The molecule has 5 rings (SSSR count). The molecule has 0 saturated carbocycles. The fourth-order valence-corrected chi connectivity index (χ4v) is 4.13. The molecule has 0 spiro atoms. The predicted octanol–water partition coefficient (Wildman–Crippen LogP) is 4.07. The maximum atomic E-state index is 12.9. The van der Waals surface area contributed by atoms with Gasteiger partial charge in [0.2, 0.25) is 0 Å². The molecule has 4 aromatic rings. The zero-order valence-corrected chi connectivity index (χ0v) is 16.5. The zero-order chi connectivity index (χ0) is 19.8. The first kappa shape index (κ1) is 17.9. The zero-order valence-electron chi connectivity index (χ0n) is 15.7. The van der Waals surface area contributed by atoms with Gasteiger partial charge in [-0.25, -0.2) is 0 Å². The van der Waals surface area contributed by atoms with E-state index in [2.05, 4.69) is 37.2 Å². The number of rotatable bonds is 5. The van der Waals surface area contributed by atoms with E-state index in [1.54, 1.807) is 24.3 Å². The quantitative estimate of drug-likeness (QED) is 0.525. The highest BCUT2D eigenvalue weighted by molar-refractivity contribution is 6.30. The van der Waals surface area contributed by atoms with Crippen molar-refractivity contribution >= 4 is 28.4 Å². The molecule has 0 bridgehead atoms. The number of carbonyl (C=O) groups excluding carboxylic acids is 1. The highest BCUT2D eigenvalue weighted by atomic mass is 35.5. The van der Waals surface area contributed by atoms with Crippen LogP contribution in [0.15, 0.2) is 54.7 Å². The minimum atomic E-state index is -0.281. The molecule has 3 heterocycles. The molecule has 0 fully saturated rings. The Bertz CT molecular complexity index is 1180. The van der Waals surface area contributed by atoms with E-state index in [0.717, 1.165) is 47.5 Å². The lowest BCUT2D eigenvalue weighted by Gasteiger charge is -2.18. The third kappa shape index (κ3) is 3.40. The number of nitrogens with zero attached hydrogens (tertiary/aromatic N) is 3. The number of hydrogen-bond acceptors (Lipinski definition) is 3. The minimum absolute atomic E-state index is 0.151. The molecule has 2 aromatic carbocycles. The summed E-state index contributed by atoms with van der Waals surface area (Å²) in [5.74, 6) is 1.65. The largest absolute Gasteiger partial charge is 0.361 e. The van der Waals surface area contributed by atoms with Crippen molar-refractivity contribution in [3.8, 4) is 0 Å². The van der Waals surface area contributed by atoms with Gasteiger partial charge in [0.1, 0.15) is 5.82 Å². The Balaban J connectivity index is 1.49. The molecule has 0 saturated heterocycles. The molecule has 1 amide bonds. The molecule has 1 aliphatic heterocycles. The minimum Gasteiger partial charge on any atom is -0.361 e. The summed E-state index contributed by atoms with van der Waals surface area (Å²) in [6.45, 7) is 0.888. The van der Waals surface area contributed by atoms with Crippen LogP contribution in [-0.4, -0.2) is 25.7 Å². The van der Waals surface area contributed by atoms with E-state index in [-0.39, 0.29) is 11.9 Å². The molecule has 2 N–H and O–H groups in total. The molecule has 146 valence electrons. The Morgan fingerprint density at radius 1 is 1.17 bits per heavy atom. The summed E-state index contributed by atoms with van der Waals surface area (Å²) < 4.78 is 2.14. The monoisotopic (exact) mass is 405 g/mol. The summed E-state index contributed by atoms with van der Waals surface area (Å²) in [7, 11) is 0. The maximum absolute atomic E-state index is 12.9. The van der Waals surface area contributed by atoms with Gasteiger partial charge in [0.25, 0.3) is 5.91 Å². The number of aromatic nitrogens is 4. The topological polar surface area (TPSA) is 75.6 Å². The summed E-state index contributed by atoms with van der Waals surface area (Å²) in [4.78, 5) is 16.2. The molecule has 0 unspecified atom stereocenters. The van der Waals surface area contributed by atoms with Gasteiger partial charge in [0, 0.05) is 47.1 Å². The highest BCUT2D eigenvalue weighted by Gasteiger charge is 2.26.